The SMILES string of the molecule is C1CCOCC1.CN(Cc1ccccc1)c1cc(F)cc(F)c1.CN(Cc1ccccc1)c1cc(F)cc(N2CCOCC2)c1. The zero-order chi connectivity index (χ0) is 31.9. The van der Waals surface area contributed by atoms with Gasteiger partial charge in [0.15, 0.2) is 0 Å². The van der Waals surface area contributed by atoms with Gasteiger partial charge in [0.1, 0.15) is 17.5 Å². The lowest BCUT2D eigenvalue weighted by molar-refractivity contribution is 0.0968. The molecule has 0 spiro atoms. The molecule has 5 nitrogen and oxygen atoms in total. The van der Waals surface area contributed by atoms with Crippen molar-refractivity contribution in [2.75, 3.05) is 68.3 Å². The Morgan fingerprint density at radius 3 is 1.44 bits per heavy atom. The molecule has 0 atom stereocenters. The van der Waals surface area contributed by atoms with Crippen LogP contribution < -0.4 is 14.7 Å². The normalized spacial score (nSPS) is 14.4. The van der Waals surface area contributed by atoms with Crippen LogP contribution in [0.25, 0.3) is 0 Å². The number of nitrogens with zero attached hydrogens (tertiary/aromatic N) is 3. The molecular weight excluding hydrogens is 575 g/mol. The molecule has 6 rings (SSSR count). The molecule has 4 aromatic rings. The van der Waals surface area contributed by atoms with E-state index in [9.17, 15) is 13.2 Å². The van der Waals surface area contributed by atoms with E-state index < -0.39 is 11.6 Å². The third-order valence-electron chi connectivity index (χ3n) is 7.57. The topological polar surface area (TPSA) is 28.2 Å². The van der Waals surface area contributed by atoms with E-state index in [-0.39, 0.29) is 5.82 Å². The van der Waals surface area contributed by atoms with Gasteiger partial charge < -0.3 is 24.2 Å². The number of hydrogen-bond donors (Lipinski definition) is 0. The Hall–Kier alpha value is -4.01. The molecule has 45 heavy (non-hydrogen) atoms. The molecule has 0 bridgehead atoms. The van der Waals surface area contributed by atoms with Gasteiger partial charge in [0.05, 0.1) is 13.2 Å². The van der Waals surface area contributed by atoms with Crippen molar-refractivity contribution in [3.05, 3.63) is 126 Å². The fourth-order valence-electron chi connectivity index (χ4n) is 5.13. The largest absolute Gasteiger partial charge is 0.381 e. The maximum absolute atomic E-state index is 14.0. The molecule has 2 saturated heterocycles. The first-order valence-corrected chi connectivity index (χ1v) is 15.5. The van der Waals surface area contributed by atoms with Gasteiger partial charge >= 0.3 is 0 Å². The zero-order valence-corrected chi connectivity index (χ0v) is 26.3. The molecule has 0 saturated carbocycles. The average Bonchev–Trinajstić information content (AvgIpc) is 3.07. The number of morpholine rings is 1. The molecule has 2 aliphatic rings. The highest BCUT2D eigenvalue weighted by Crippen LogP contribution is 2.26. The molecule has 0 aromatic heterocycles. The molecule has 2 aliphatic heterocycles. The smallest absolute Gasteiger partial charge is 0.128 e. The van der Waals surface area contributed by atoms with Gasteiger partial charge in [-0.2, -0.15) is 0 Å². The van der Waals surface area contributed by atoms with Gasteiger partial charge in [-0.15, -0.1) is 0 Å². The summed E-state index contributed by atoms with van der Waals surface area (Å²) in [5.41, 5.74) is 4.66. The van der Waals surface area contributed by atoms with E-state index in [0.29, 0.717) is 25.4 Å². The maximum Gasteiger partial charge on any atom is 0.128 e. The van der Waals surface area contributed by atoms with Gasteiger partial charge in [-0.05, 0) is 60.7 Å². The van der Waals surface area contributed by atoms with Crippen LogP contribution >= 0.6 is 0 Å². The van der Waals surface area contributed by atoms with Crippen LogP contribution in [0.5, 0.6) is 0 Å². The van der Waals surface area contributed by atoms with E-state index in [1.54, 1.807) is 19.2 Å². The van der Waals surface area contributed by atoms with E-state index in [2.05, 4.69) is 28.0 Å². The van der Waals surface area contributed by atoms with Crippen LogP contribution in [0, 0.1) is 17.5 Å². The van der Waals surface area contributed by atoms with Gasteiger partial charge in [0, 0.05) is 76.6 Å². The van der Waals surface area contributed by atoms with Crippen molar-refractivity contribution in [3.8, 4) is 0 Å². The third-order valence-corrected chi connectivity index (χ3v) is 7.57. The third kappa shape index (κ3) is 11.8. The summed E-state index contributed by atoms with van der Waals surface area (Å²) in [5.74, 6) is -1.31. The minimum atomic E-state index is -0.556. The van der Waals surface area contributed by atoms with Crippen molar-refractivity contribution in [2.24, 2.45) is 0 Å². The first kappa shape index (κ1) is 33.9. The molecule has 4 aromatic carbocycles. The van der Waals surface area contributed by atoms with Gasteiger partial charge in [0.2, 0.25) is 0 Å². The lowest BCUT2D eigenvalue weighted by atomic mass is 10.2. The number of ether oxygens (including phenoxy) is 2. The van der Waals surface area contributed by atoms with Crippen molar-refractivity contribution >= 4 is 17.1 Å². The molecule has 0 N–H and O–H groups in total. The highest BCUT2D eigenvalue weighted by atomic mass is 19.1. The minimum absolute atomic E-state index is 0.195. The standard InChI is InChI=1S/C18H21FN2O.C14H13F2N.C5H10O/c1-20(14-15-5-3-2-4-6-15)17-11-16(19)12-18(13-17)21-7-9-22-10-8-21;1-17(10-11-5-3-2-4-6-11)14-8-12(15)7-13(16)9-14;1-2-4-6-5-3-1/h2-6,11-13H,7-10,14H2,1H3;2-9H,10H2,1H3;1-5H2. The maximum atomic E-state index is 14.0. The van der Waals surface area contributed by atoms with E-state index in [1.807, 2.05) is 60.5 Å². The Labute approximate surface area is 265 Å². The zero-order valence-electron chi connectivity index (χ0n) is 26.3. The van der Waals surface area contributed by atoms with E-state index in [4.69, 9.17) is 9.47 Å². The summed E-state index contributed by atoms with van der Waals surface area (Å²) in [6.45, 7) is 6.39. The van der Waals surface area contributed by atoms with Gasteiger partial charge in [-0.25, -0.2) is 13.2 Å². The van der Waals surface area contributed by atoms with Gasteiger partial charge in [0.25, 0.3) is 0 Å². The predicted molar refractivity (Wildman–Crippen MR) is 178 cm³/mol. The summed E-state index contributed by atoms with van der Waals surface area (Å²) >= 11 is 0. The van der Waals surface area contributed by atoms with E-state index in [0.717, 1.165) is 55.9 Å². The van der Waals surface area contributed by atoms with Crippen LogP contribution in [0.15, 0.2) is 97.1 Å². The summed E-state index contributed by atoms with van der Waals surface area (Å²) < 4.78 is 50.5. The van der Waals surface area contributed by atoms with Crippen LogP contribution in [0.3, 0.4) is 0 Å². The van der Waals surface area contributed by atoms with Crippen LogP contribution in [-0.4, -0.2) is 53.6 Å². The Morgan fingerprint density at radius 2 is 1.00 bits per heavy atom. The molecule has 2 heterocycles. The quantitative estimate of drug-likeness (QED) is 0.209. The average molecular weight is 620 g/mol. The molecule has 2 fully saturated rings. The molecule has 0 radical (unpaired) electrons. The van der Waals surface area contributed by atoms with Crippen molar-refractivity contribution in [2.45, 2.75) is 32.4 Å². The highest BCUT2D eigenvalue weighted by Gasteiger charge is 2.14. The van der Waals surface area contributed by atoms with Crippen LogP contribution in [0.4, 0.5) is 30.2 Å². The second kappa shape index (κ2) is 18.1. The number of rotatable bonds is 7. The summed E-state index contributed by atoms with van der Waals surface area (Å²) in [6, 6.07) is 28.8. The Kier molecular flexibility index (Phi) is 13.6. The van der Waals surface area contributed by atoms with Crippen LogP contribution in [0.1, 0.15) is 30.4 Å². The second-order valence-electron chi connectivity index (χ2n) is 11.3. The number of halogens is 3. The Bertz CT molecular complexity index is 1380. The van der Waals surface area contributed by atoms with E-state index in [1.165, 1.54) is 37.0 Å². The van der Waals surface area contributed by atoms with E-state index >= 15 is 0 Å². The van der Waals surface area contributed by atoms with Crippen molar-refractivity contribution < 1.29 is 22.6 Å². The number of anilines is 3. The predicted octanol–water partition coefficient (Wildman–Crippen LogP) is 8.09. The lowest BCUT2D eigenvalue weighted by Gasteiger charge is -2.30. The fourth-order valence-corrected chi connectivity index (χ4v) is 5.13. The number of hydrogen-bond acceptors (Lipinski definition) is 5. The van der Waals surface area contributed by atoms with Crippen molar-refractivity contribution in [1.82, 2.24) is 0 Å². The Morgan fingerprint density at radius 1 is 0.556 bits per heavy atom. The summed E-state index contributed by atoms with van der Waals surface area (Å²) in [7, 11) is 3.80. The molecule has 8 heteroatoms. The molecular formula is C37H44F3N3O2. The first-order valence-electron chi connectivity index (χ1n) is 15.5. The first-order chi connectivity index (χ1) is 21.9. The second-order valence-corrected chi connectivity index (χ2v) is 11.3. The molecule has 0 amide bonds. The molecule has 240 valence electrons. The lowest BCUT2D eigenvalue weighted by Crippen LogP contribution is -2.36. The van der Waals surface area contributed by atoms with Crippen molar-refractivity contribution in [1.29, 1.82) is 0 Å². The molecule has 0 aliphatic carbocycles. The highest BCUT2D eigenvalue weighted by molar-refractivity contribution is 5.60. The van der Waals surface area contributed by atoms with Crippen LogP contribution in [-0.2, 0) is 22.6 Å². The van der Waals surface area contributed by atoms with Crippen LogP contribution in [0.2, 0.25) is 0 Å². The fraction of sp³-hybridized carbons (Fsp3) is 0.351. The van der Waals surface area contributed by atoms with Gasteiger partial charge in [-0.3, -0.25) is 0 Å². The van der Waals surface area contributed by atoms with Crippen molar-refractivity contribution in [3.63, 3.8) is 0 Å². The summed E-state index contributed by atoms with van der Waals surface area (Å²) in [6.07, 6.45) is 3.93. The Balaban J connectivity index is 0.000000177. The summed E-state index contributed by atoms with van der Waals surface area (Å²) in [4.78, 5) is 6.05. The minimum Gasteiger partial charge on any atom is -0.381 e. The number of benzene rings is 4. The van der Waals surface area contributed by atoms with Gasteiger partial charge in [-0.1, -0.05) is 60.7 Å². The summed E-state index contributed by atoms with van der Waals surface area (Å²) in [5, 5.41) is 0. The monoisotopic (exact) mass is 619 g/mol. The molecule has 0 unspecified atom stereocenters.